The molecule has 3 N–H and O–H groups in total. The second-order valence-corrected chi connectivity index (χ2v) is 5.29. The van der Waals surface area contributed by atoms with Gasteiger partial charge < -0.3 is 11.1 Å². The minimum atomic E-state index is -0.319. The monoisotopic (exact) mass is 238 g/mol. The molecule has 1 saturated carbocycles. The van der Waals surface area contributed by atoms with Gasteiger partial charge in [0.15, 0.2) is 0 Å². The van der Waals surface area contributed by atoms with Crippen LogP contribution in [0.25, 0.3) is 0 Å². The Labute approximate surface area is 100 Å². The molecule has 1 heterocycles. The number of anilines is 1. The van der Waals surface area contributed by atoms with Crippen molar-refractivity contribution in [2.45, 2.75) is 32.1 Å². The first-order chi connectivity index (χ1) is 7.77. The molecule has 0 aromatic carbocycles. The van der Waals surface area contributed by atoms with Crippen LogP contribution in [0.15, 0.2) is 16.8 Å². The number of carbonyl (C=O) groups is 1. The van der Waals surface area contributed by atoms with E-state index in [1.165, 1.54) is 6.42 Å². The first-order valence-electron chi connectivity index (χ1n) is 5.81. The summed E-state index contributed by atoms with van der Waals surface area (Å²) in [6, 6.07) is 1.93. The first-order valence-corrected chi connectivity index (χ1v) is 6.75. The molecule has 0 radical (unpaired) electrons. The number of hydrogen-bond acceptors (Lipinski definition) is 3. The molecule has 4 heteroatoms. The number of amides is 1. The maximum Gasteiger partial charge on any atom is 0.231 e. The van der Waals surface area contributed by atoms with Crippen LogP contribution in [0.2, 0.25) is 0 Å². The fourth-order valence-electron chi connectivity index (χ4n) is 2.35. The summed E-state index contributed by atoms with van der Waals surface area (Å²) in [6.45, 7) is 0.461. The van der Waals surface area contributed by atoms with Crippen molar-refractivity contribution < 1.29 is 4.79 Å². The third kappa shape index (κ3) is 2.28. The number of hydrogen-bond donors (Lipinski definition) is 2. The minimum absolute atomic E-state index is 0.105. The molecule has 1 amide bonds. The number of nitrogens with two attached hydrogens (primary N) is 1. The molecule has 0 saturated heterocycles. The van der Waals surface area contributed by atoms with Gasteiger partial charge in [-0.25, -0.2) is 0 Å². The quantitative estimate of drug-likeness (QED) is 0.850. The van der Waals surface area contributed by atoms with E-state index >= 15 is 0 Å². The Bertz CT molecular complexity index is 342. The van der Waals surface area contributed by atoms with Crippen molar-refractivity contribution in [3.8, 4) is 0 Å². The van der Waals surface area contributed by atoms with E-state index in [1.54, 1.807) is 11.3 Å². The third-order valence-corrected chi connectivity index (χ3v) is 4.15. The zero-order valence-corrected chi connectivity index (χ0v) is 10.2. The van der Waals surface area contributed by atoms with Crippen LogP contribution in [-0.2, 0) is 4.79 Å². The van der Waals surface area contributed by atoms with Gasteiger partial charge in [-0.2, -0.15) is 11.3 Å². The van der Waals surface area contributed by atoms with E-state index in [0.717, 1.165) is 31.4 Å². The number of thiophene rings is 1. The Hall–Kier alpha value is -0.870. The molecule has 1 fully saturated rings. The summed E-state index contributed by atoms with van der Waals surface area (Å²) in [5.41, 5.74) is 6.39. The fraction of sp³-hybridized carbons (Fsp3) is 0.583. The molecule has 0 spiro atoms. The predicted molar refractivity (Wildman–Crippen MR) is 67.5 cm³/mol. The van der Waals surface area contributed by atoms with Crippen LogP contribution in [0.4, 0.5) is 5.69 Å². The molecule has 1 aromatic heterocycles. The Kier molecular flexibility index (Phi) is 3.61. The van der Waals surface area contributed by atoms with Gasteiger partial charge in [0.25, 0.3) is 0 Å². The van der Waals surface area contributed by atoms with Gasteiger partial charge in [0.05, 0.1) is 11.1 Å². The molecule has 88 valence electrons. The van der Waals surface area contributed by atoms with Crippen LogP contribution in [-0.4, -0.2) is 12.5 Å². The van der Waals surface area contributed by atoms with Crippen LogP contribution in [0.3, 0.4) is 0 Å². The lowest BCUT2D eigenvalue weighted by Gasteiger charge is -2.34. The SMILES string of the molecule is NCC1(C(=O)Nc2ccsc2)CCCCC1. The van der Waals surface area contributed by atoms with Crippen LogP contribution in [0.5, 0.6) is 0 Å². The molecule has 1 aliphatic carbocycles. The summed E-state index contributed by atoms with van der Waals surface area (Å²) in [7, 11) is 0. The number of nitrogens with one attached hydrogen (secondary N) is 1. The summed E-state index contributed by atoms with van der Waals surface area (Å²) in [4.78, 5) is 12.2. The van der Waals surface area contributed by atoms with Gasteiger partial charge in [0, 0.05) is 11.9 Å². The van der Waals surface area contributed by atoms with E-state index in [9.17, 15) is 4.79 Å². The maximum absolute atomic E-state index is 12.2. The molecule has 3 nitrogen and oxygen atoms in total. The Morgan fingerprint density at radius 3 is 2.75 bits per heavy atom. The van der Waals surface area contributed by atoms with Gasteiger partial charge in [-0.3, -0.25) is 4.79 Å². The molecule has 0 aliphatic heterocycles. The van der Waals surface area contributed by atoms with Gasteiger partial charge in [-0.1, -0.05) is 19.3 Å². The second kappa shape index (κ2) is 4.97. The van der Waals surface area contributed by atoms with E-state index in [-0.39, 0.29) is 11.3 Å². The van der Waals surface area contributed by atoms with Crippen LogP contribution < -0.4 is 11.1 Å². The topological polar surface area (TPSA) is 55.1 Å². The van der Waals surface area contributed by atoms with Crippen molar-refractivity contribution in [2.75, 3.05) is 11.9 Å². The van der Waals surface area contributed by atoms with Crippen molar-refractivity contribution in [2.24, 2.45) is 11.1 Å². The Morgan fingerprint density at radius 2 is 2.19 bits per heavy atom. The van der Waals surface area contributed by atoms with Crippen LogP contribution in [0, 0.1) is 5.41 Å². The summed E-state index contributed by atoms with van der Waals surface area (Å²) in [5.74, 6) is 0.105. The molecular formula is C12H18N2OS. The zero-order valence-electron chi connectivity index (χ0n) is 9.37. The van der Waals surface area contributed by atoms with Crippen molar-refractivity contribution >= 4 is 22.9 Å². The largest absolute Gasteiger partial charge is 0.329 e. The lowest BCUT2D eigenvalue weighted by molar-refractivity contribution is -0.126. The zero-order chi connectivity index (χ0) is 11.4. The second-order valence-electron chi connectivity index (χ2n) is 4.51. The van der Waals surface area contributed by atoms with E-state index in [4.69, 9.17) is 5.73 Å². The van der Waals surface area contributed by atoms with Gasteiger partial charge in [0.1, 0.15) is 0 Å². The molecule has 0 unspecified atom stereocenters. The van der Waals surface area contributed by atoms with Crippen molar-refractivity contribution in [1.29, 1.82) is 0 Å². The van der Waals surface area contributed by atoms with Crippen LogP contribution in [0.1, 0.15) is 32.1 Å². The predicted octanol–water partition coefficient (Wildman–Crippen LogP) is 2.60. The molecule has 0 bridgehead atoms. The maximum atomic E-state index is 12.2. The van der Waals surface area contributed by atoms with Gasteiger partial charge >= 0.3 is 0 Å². The standard InChI is InChI=1S/C12H18N2OS/c13-9-12(5-2-1-3-6-12)11(15)14-10-4-7-16-8-10/h4,7-8H,1-3,5-6,9,13H2,(H,14,15). The van der Waals surface area contributed by atoms with E-state index in [2.05, 4.69) is 5.32 Å². The minimum Gasteiger partial charge on any atom is -0.329 e. The van der Waals surface area contributed by atoms with Gasteiger partial charge in [-0.15, -0.1) is 0 Å². The lowest BCUT2D eigenvalue weighted by Crippen LogP contribution is -2.43. The molecule has 0 atom stereocenters. The van der Waals surface area contributed by atoms with Crippen LogP contribution >= 0.6 is 11.3 Å². The number of carbonyl (C=O) groups excluding carboxylic acids is 1. The van der Waals surface area contributed by atoms with Gasteiger partial charge in [0.2, 0.25) is 5.91 Å². The molecule has 1 aliphatic rings. The molecular weight excluding hydrogens is 220 g/mol. The molecule has 1 aromatic rings. The third-order valence-electron chi connectivity index (χ3n) is 3.46. The molecule has 2 rings (SSSR count). The highest BCUT2D eigenvalue weighted by Crippen LogP contribution is 2.36. The van der Waals surface area contributed by atoms with E-state index in [0.29, 0.717) is 6.54 Å². The summed E-state index contributed by atoms with van der Waals surface area (Å²) in [6.07, 6.45) is 5.33. The summed E-state index contributed by atoms with van der Waals surface area (Å²) < 4.78 is 0. The fourth-order valence-corrected chi connectivity index (χ4v) is 2.94. The van der Waals surface area contributed by atoms with Gasteiger partial charge in [-0.05, 0) is 24.3 Å². The Balaban J connectivity index is 2.06. The van der Waals surface area contributed by atoms with Crippen molar-refractivity contribution in [3.05, 3.63) is 16.8 Å². The normalized spacial score (nSPS) is 19.3. The summed E-state index contributed by atoms with van der Waals surface area (Å²) in [5, 5.41) is 6.89. The van der Waals surface area contributed by atoms with E-state index < -0.39 is 0 Å². The highest BCUT2D eigenvalue weighted by molar-refractivity contribution is 7.08. The smallest absolute Gasteiger partial charge is 0.231 e. The van der Waals surface area contributed by atoms with Crippen molar-refractivity contribution in [1.82, 2.24) is 0 Å². The lowest BCUT2D eigenvalue weighted by atomic mass is 9.73. The average Bonchev–Trinajstić information content (AvgIpc) is 2.82. The molecule has 16 heavy (non-hydrogen) atoms. The van der Waals surface area contributed by atoms with Crippen molar-refractivity contribution in [3.63, 3.8) is 0 Å². The highest BCUT2D eigenvalue weighted by atomic mass is 32.1. The Morgan fingerprint density at radius 1 is 1.44 bits per heavy atom. The highest BCUT2D eigenvalue weighted by Gasteiger charge is 2.38. The number of rotatable bonds is 3. The summed E-state index contributed by atoms with van der Waals surface area (Å²) >= 11 is 1.59. The average molecular weight is 238 g/mol. The van der Waals surface area contributed by atoms with E-state index in [1.807, 2.05) is 16.8 Å². The first kappa shape index (κ1) is 11.6.